The molecule has 13 heteroatoms. The number of fused-ring (bicyclic) bond motifs is 1. The van der Waals surface area contributed by atoms with Crippen LogP contribution in [-0.2, 0) is 35.0 Å². The summed E-state index contributed by atoms with van der Waals surface area (Å²) in [5.74, 6) is -0.767. The molecule has 3 heterocycles. The Morgan fingerprint density at radius 2 is 2.06 bits per heavy atom. The van der Waals surface area contributed by atoms with Gasteiger partial charge in [0.1, 0.15) is 24.8 Å². The van der Waals surface area contributed by atoms with Crippen molar-refractivity contribution in [3.05, 3.63) is 58.9 Å². The number of oxazole rings is 1. The molecule has 2 aromatic heterocycles. The van der Waals surface area contributed by atoms with E-state index in [1.54, 1.807) is 31.0 Å². The number of amides is 3. The van der Waals surface area contributed by atoms with E-state index in [1.807, 2.05) is 0 Å². The minimum atomic E-state index is -4.07. The van der Waals surface area contributed by atoms with Crippen molar-refractivity contribution < 1.29 is 31.4 Å². The number of urea groups is 1. The minimum Gasteiger partial charge on any atom is -0.442 e. The predicted octanol–water partition coefficient (Wildman–Crippen LogP) is 1.32. The molecule has 1 saturated carbocycles. The van der Waals surface area contributed by atoms with Crippen LogP contribution in [0.2, 0.25) is 0 Å². The normalized spacial score (nSPS) is 21.4. The van der Waals surface area contributed by atoms with Crippen molar-refractivity contribution in [3.63, 3.8) is 0 Å². The van der Waals surface area contributed by atoms with Crippen molar-refractivity contribution in [1.29, 1.82) is 0 Å². The van der Waals surface area contributed by atoms with Gasteiger partial charge in [-0.3, -0.25) is 4.68 Å². The maximum absolute atomic E-state index is 13.5. The molecule has 184 valence electrons. The molecule has 0 saturated heterocycles. The molecule has 1 N–H and O–H groups in total. The Morgan fingerprint density at radius 1 is 1.29 bits per heavy atom. The van der Waals surface area contributed by atoms with Gasteiger partial charge in [0.15, 0.2) is 18.2 Å². The highest BCUT2D eigenvalue weighted by molar-refractivity contribution is 7.93. The fraction of sp³-hybridized carbons (Fsp3) is 0.409. The minimum absolute atomic E-state index is 0.00576. The zero-order valence-electron chi connectivity index (χ0n) is 19.1. The maximum Gasteiger partial charge on any atom is 0.501 e. The SMILES string of the molecule is Cc1ncc(C[N+]2=C3C=CC(S(=O)(=O)NC4(CF)CC4)=CC3C(=O)N(Cc3cnn(C)c3)C2=O)o1. The number of rotatable bonds is 8. The van der Waals surface area contributed by atoms with Gasteiger partial charge in [-0.25, -0.2) is 27.3 Å². The standard InChI is InChI=1S/C22H24FN6O5S/c1-14-24-9-16(34-14)12-28-19-4-3-17(35(32,33)26-22(13-23)5-6-22)7-18(19)20(30)29(21(28)31)11-15-8-25-27(2)10-15/h3-4,7-10,18,26H,5-6,11-13H2,1-2H3/q+1. The number of halogens is 1. The second-order valence-electron chi connectivity index (χ2n) is 8.99. The number of nitrogens with zero attached hydrogens (tertiary/aromatic N) is 5. The van der Waals surface area contributed by atoms with Crippen molar-refractivity contribution in [2.24, 2.45) is 13.0 Å². The van der Waals surface area contributed by atoms with Crippen molar-refractivity contribution in [1.82, 2.24) is 24.4 Å². The Kier molecular flexibility index (Phi) is 5.55. The third kappa shape index (κ3) is 4.36. The van der Waals surface area contributed by atoms with Gasteiger partial charge in [-0.15, -0.1) is 0 Å². The van der Waals surface area contributed by atoms with Gasteiger partial charge >= 0.3 is 11.9 Å². The van der Waals surface area contributed by atoms with Crippen molar-refractivity contribution in [2.45, 2.75) is 38.4 Å². The van der Waals surface area contributed by atoms with Crippen molar-refractivity contribution >= 4 is 27.7 Å². The maximum atomic E-state index is 13.5. The van der Waals surface area contributed by atoms with Crippen LogP contribution in [0, 0.1) is 12.8 Å². The number of sulfonamides is 1. The van der Waals surface area contributed by atoms with Gasteiger partial charge in [-0.05, 0) is 31.1 Å². The van der Waals surface area contributed by atoms with E-state index in [0.29, 0.717) is 35.8 Å². The summed E-state index contributed by atoms with van der Waals surface area (Å²) in [7, 11) is -2.35. The zero-order chi connectivity index (χ0) is 25.0. The first-order chi connectivity index (χ1) is 16.6. The molecule has 3 amide bonds. The number of hydrogen-bond acceptors (Lipinski definition) is 7. The Bertz CT molecular complexity index is 1420. The lowest BCUT2D eigenvalue weighted by atomic mass is 9.94. The van der Waals surface area contributed by atoms with Crippen LogP contribution in [-0.4, -0.2) is 62.5 Å². The Hall–Kier alpha value is -3.45. The number of imide groups is 1. The van der Waals surface area contributed by atoms with E-state index in [-0.39, 0.29) is 18.0 Å². The lowest BCUT2D eigenvalue weighted by Crippen LogP contribution is -2.54. The molecular formula is C22H24FN6O5S+. The number of carbonyl (C=O) groups excluding carboxylic acids is 2. The number of allylic oxidation sites excluding steroid dienone is 2. The molecule has 0 radical (unpaired) electrons. The number of aryl methyl sites for hydroxylation is 2. The molecule has 0 aromatic carbocycles. The lowest BCUT2D eigenvalue weighted by molar-refractivity contribution is -0.459. The summed E-state index contributed by atoms with van der Waals surface area (Å²) in [4.78, 5) is 31.8. The monoisotopic (exact) mass is 503 g/mol. The van der Waals surface area contributed by atoms with E-state index in [4.69, 9.17) is 4.42 Å². The summed E-state index contributed by atoms with van der Waals surface area (Å²) in [5.41, 5.74) is -0.120. The highest BCUT2D eigenvalue weighted by atomic mass is 32.2. The molecule has 1 aliphatic heterocycles. The van der Waals surface area contributed by atoms with Crippen LogP contribution in [0.3, 0.4) is 0 Å². The topological polar surface area (TPSA) is 130 Å². The Morgan fingerprint density at radius 3 is 2.66 bits per heavy atom. The predicted molar refractivity (Wildman–Crippen MR) is 120 cm³/mol. The molecule has 0 bridgehead atoms. The third-order valence-corrected chi connectivity index (χ3v) is 7.82. The molecule has 35 heavy (non-hydrogen) atoms. The van der Waals surface area contributed by atoms with Gasteiger partial charge in [-0.2, -0.15) is 19.4 Å². The molecule has 1 atom stereocenters. The fourth-order valence-electron chi connectivity index (χ4n) is 4.16. The van der Waals surface area contributed by atoms with Crippen molar-refractivity contribution in [3.8, 4) is 0 Å². The van der Waals surface area contributed by atoms with E-state index in [2.05, 4.69) is 14.8 Å². The number of carbonyl (C=O) groups is 2. The van der Waals surface area contributed by atoms with Crippen LogP contribution in [0.1, 0.15) is 30.1 Å². The summed E-state index contributed by atoms with van der Waals surface area (Å²) in [6.45, 7) is 0.837. The third-order valence-electron chi connectivity index (χ3n) is 6.23. The molecule has 1 unspecified atom stereocenters. The highest BCUT2D eigenvalue weighted by Crippen LogP contribution is 2.38. The first-order valence-corrected chi connectivity index (χ1v) is 12.5. The van der Waals surface area contributed by atoms with E-state index >= 15 is 0 Å². The molecule has 2 aliphatic carbocycles. The van der Waals surface area contributed by atoms with Crippen LogP contribution in [0.15, 0.2) is 46.1 Å². The van der Waals surface area contributed by atoms with E-state index in [1.165, 1.54) is 29.0 Å². The van der Waals surface area contributed by atoms with Crippen LogP contribution < -0.4 is 4.72 Å². The first-order valence-electron chi connectivity index (χ1n) is 11.0. The lowest BCUT2D eigenvalue weighted by Gasteiger charge is -2.27. The molecule has 1 fully saturated rings. The molecular weight excluding hydrogens is 479 g/mol. The average molecular weight is 504 g/mol. The largest absolute Gasteiger partial charge is 0.501 e. The van der Waals surface area contributed by atoms with E-state index in [0.717, 1.165) is 4.90 Å². The van der Waals surface area contributed by atoms with Gasteiger partial charge in [0.05, 0.1) is 22.8 Å². The summed E-state index contributed by atoms with van der Waals surface area (Å²) >= 11 is 0. The van der Waals surface area contributed by atoms with Gasteiger partial charge in [-0.1, -0.05) is 0 Å². The highest BCUT2D eigenvalue weighted by Gasteiger charge is 2.50. The quantitative estimate of drug-likeness (QED) is 0.538. The summed E-state index contributed by atoms with van der Waals surface area (Å²) in [6, 6.07) is -0.573. The Balaban J connectivity index is 1.53. The van der Waals surface area contributed by atoms with Crippen LogP contribution in [0.5, 0.6) is 0 Å². The van der Waals surface area contributed by atoms with Crippen LogP contribution in [0.25, 0.3) is 0 Å². The Labute approximate surface area is 200 Å². The van der Waals surface area contributed by atoms with Crippen LogP contribution >= 0.6 is 0 Å². The molecule has 5 rings (SSSR count). The van der Waals surface area contributed by atoms with Gasteiger partial charge in [0, 0.05) is 25.7 Å². The van der Waals surface area contributed by atoms with Crippen LogP contribution in [0.4, 0.5) is 9.18 Å². The van der Waals surface area contributed by atoms with E-state index < -0.39 is 40.1 Å². The first kappa shape index (κ1) is 23.3. The molecule has 11 nitrogen and oxygen atoms in total. The zero-order valence-corrected chi connectivity index (χ0v) is 20.0. The second-order valence-corrected chi connectivity index (χ2v) is 10.7. The number of nitrogens with one attached hydrogen (secondary N) is 1. The fourth-order valence-corrected chi connectivity index (χ4v) is 5.67. The second kappa shape index (κ2) is 8.34. The number of aromatic nitrogens is 3. The summed E-state index contributed by atoms with van der Waals surface area (Å²) < 4.78 is 50.1. The average Bonchev–Trinajstić information content (AvgIpc) is 3.26. The summed E-state index contributed by atoms with van der Waals surface area (Å²) in [5, 5.41) is 4.08. The molecule has 0 spiro atoms. The van der Waals surface area contributed by atoms with Gasteiger partial charge in [0.2, 0.25) is 10.0 Å². The van der Waals surface area contributed by atoms with Gasteiger partial charge in [0.25, 0.3) is 0 Å². The van der Waals surface area contributed by atoms with Gasteiger partial charge < -0.3 is 4.42 Å². The number of alkyl halides is 1. The molecule has 3 aliphatic rings. The van der Waals surface area contributed by atoms with E-state index in [9.17, 15) is 22.4 Å². The van der Waals surface area contributed by atoms with Crippen molar-refractivity contribution in [2.75, 3.05) is 6.67 Å². The molecule has 2 aromatic rings. The number of hydrogen-bond donors (Lipinski definition) is 1. The smallest absolute Gasteiger partial charge is 0.442 e. The summed E-state index contributed by atoms with van der Waals surface area (Å²) in [6.07, 6.45) is 9.62.